The lowest BCUT2D eigenvalue weighted by Gasteiger charge is -2.38. The fourth-order valence-electron chi connectivity index (χ4n) is 4.96. The second-order valence-electron chi connectivity index (χ2n) is 8.95. The first-order valence-corrected chi connectivity index (χ1v) is 12.1. The van der Waals surface area contributed by atoms with Crippen molar-refractivity contribution in [3.05, 3.63) is 108 Å². The molecule has 4 nitrogen and oxygen atoms in total. The van der Waals surface area contributed by atoms with Gasteiger partial charge < -0.3 is 9.47 Å². The zero-order chi connectivity index (χ0) is 22.9. The number of ether oxygens (including phenoxy) is 2. The summed E-state index contributed by atoms with van der Waals surface area (Å²) in [5.41, 5.74) is 4.57. The van der Waals surface area contributed by atoms with E-state index < -0.39 is 0 Å². The lowest BCUT2D eigenvalue weighted by atomic mass is 9.93. The van der Waals surface area contributed by atoms with E-state index in [4.69, 9.17) is 14.6 Å². The molecular formula is C30H28N2O2. The van der Waals surface area contributed by atoms with E-state index in [1.165, 1.54) is 21.9 Å². The van der Waals surface area contributed by atoms with Gasteiger partial charge in [0.25, 0.3) is 0 Å². The highest BCUT2D eigenvalue weighted by atomic mass is 16.5. The normalized spacial score (nSPS) is 18.7. The first-order valence-electron chi connectivity index (χ1n) is 12.1. The molecule has 2 aliphatic rings. The third kappa shape index (κ3) is 3.69. The molecule has 170 valence electrons. The predicted octanol–water partition coefficient (Wildman–Crippen LogP) is 7.26. The van der Waals surface area contributed by atoms with E-state index in [1.807, 2.05) is 18.2 Å². The van der Waals surface area contributed by atoms with E-state index in [0.717, 1.165) is 48.6 Å². The Balaban J connectivity index is 1.37. The monoisotopic (exact) mass is 448 g/mol. The van der Waals surface area contributed by atoms with Crippen LogP contribution in [0.5, 0.6) is 11.5 Å². The summed E-state index contributed by atoms with van der Waals surface area (Å²) in [5.74, 6) is 1.83. The maximum Gasteiger partial charge on any atom is 0.213 e. The van der Waals surface area contributed by atoms with Gasteiger partial charge in [0.2, 0.25) is 6.23 Å². The molecule has 0 saturated heterocycles. The van der Waals surface area contributed by atoms with Crippen LogP contribution in [0.25, 0.3) is 10.8 Å². The van der Waals surface area contributed by atoms with Gasteiger partial charge in [-0.2, -0.15) is 5.10 Å². The Kier molecular flexibility index (Phi) is 5.42. The Bertz CT molecular complexity index is 1340. The van der Waals surface area contributed by atoms with Crippen LogP contribution in [0, 0.1) is 0 Å². The molecule has 4 aromatic carbocycles. The molecule has 0 spiro atoms. The summed E-state index contributed by atoms with van der Waals surface area (Å²) in [6, 6.07) is 31.8. The maximum absolute atomic E-state index is 6.52. The van der Waals surface area contributed by atoms with Crippen molar-refractivity contribution in [2.45, 2.75) is 38.5 Å². The third-order valence-electron chi connectivity index (χ3n) is 6.73. The number of hydrazone groups is 1. The van der Waals surface area contributed by atoms with Gasteiger partial charge in [-0.25, -0.2) is 5.01 Å². The van der Waals surface area contributed by atoms with Crippen LogP contribution < -0.4 is 9.47 Å². The van der Waals surface area contributed by atoms with Crippen molar-refractivity contribution in [1.29, 1.82) is 0 Å². The largest absolute Gasteiger partial charge is 0.494 e. The summed E-state index contributed by atoms with van der Waals surface area (Å²) < 4.78 is 12.4. The average molecular weight is 449 g/mol. The molecule has 6 rings (SSSR count). The van der Waals surface area contributed by atoms with Gasteiger partial charge in [-0.3, -0.25) is 0 Å². The van der Waals surface area contributed by atoms with Crippen LogP contribution in [0.1, 0.15) is 55.1 Å². The minimum atomic E-state index is -0.280. The lowest BCUT2D eigenvalue weighted by molar-refractivity contribution is -0.0190. The average Bonchev–Trinajstić information content (AvgIpc) is 3.34. The van der Waals surface area contributed by atoms with E-state index in [9.17, 15) is 0 Å². The van der Waals surface area contributed by atoms with Crippen LogP contribution in [0.4, 0.5) is 0 Å². The summed E-state index contributed by atoms with van der Waals surface area (Å²) in [6.07, 6.45) is 2.76. The van der Waals surface area contributed by atoms with Crippen LogP contribution in [0.15, 0.2) is 96.1 Å². The molecular weight excluding hydrogens is 420 g/mol. The molecule has 4 aromatic rings. The van der Waals surface area contributed by atoms with Crippen molar-refractivity contribution in [2.75, 3.05) is 6.61 Å². The molecule has 0 aliphatic carbocycles. The molecule has 0 N–H and O–H groups in total. The summed E-state index contributed by atoms with van der Waals surface area (Å²) >= 11 is 0. The summed E-state index contributed by atoms with van der Waals surface area (Å²) in [7, 11) is 0. The molecule has 0 bridgehead atoms. The van der Waals surface area contributed by atoms with Crippen LogP contribution >= 0.6 is 0 Å². The Hall–Kier alpha value is -3.79. The smallest absolute Gasteiger partial charge is 0.213 e. The van der Waals surface area contributed by atoms with Crippen LogP contribution in [0.2, 0.25) is 0 Å². The standard InChI is InChI=1S/C30H28N2O2/c1-2-3-19-33-23-17-15-22(16-18-23)30-32-28(26-12-6-7-14-29(26)34-30)20-27(31-32)25-13-8-10-21-9-4-5-11-24(21)25/h4-18,28,30H,2-3,19-20H2,1H3/t28-,30+/m0/s1. The van der Waals surface area contributed by atoms with Gasteiger partial charge in [0.15, 0.2) is 0 Å². The van der Waals surface area contributed by atoms with Crippen molar-refractivity contribution in [1.82, 2.24) is 5.01 Å². The van der Waals surface area contributed by atoms with E-state index in [1.54, 1.807) is 0 Å². The summed E-state index contributed by atoms with van der Waals surface area (Å²) in [4.78, 5) is 0. The first-order chi connectivity index (χ1) is 16.8. The summed E-state index contributed by atoms with van der Waals surface area (Å²) in [6.45, 7) is 2.92. The van der Waals surface area contributed by atoms with E-state index >= 15 is 0 Å². The van der Waals surface area contributed by atoms with Gasteiger partial charge in [-0.1, -0.05) is 74.0 Å². The molecule has 34 heavy (non-hydrogen) atoms. The number of rotatable bonds is 6. The molecule has 2 atom stereocenters. The molecule has 2 aliphatic heterocycles. The Morgan fingerprint density at radius 2 is 1.71 bits per heavy atom. The minimum Gasteiger partial charge on any atom is -0.494 e. The van der Waals surface area contributed by atoms with E-state index in [2.05, 4.69) is 84.7 Å². The number of para-hydroxylation sites is 1. The highest BCUT2D eigenvalue weighted by Gasteiger charge is 2.41. The van der Waals surface area contributed by atoms with Gasteiger partial charge >= 0.3 is 0 Å². The van der Waals surface area contributed by atoms with Crippen LogP contribution in [-0.4, -0.2) is 17.3 Å². The third-order valence-corrected chi connectivity index (χ3v) is 6.73. The minimum absolute atomic E-state index is 0.143. The van der Waals surface area contributed by atoms with Crippen molar-refractivity contribution in [3.63, 3.8) is 0 Å². The molecule has 4 heteroatoms. The first kappa shape index (κ1) is 20.8. The number of hydrogen-bond donors (Lipinski definition) is 0. The SMILES string of the molecule is CCCCOc1ccc([C@H]2Oc3ccccc3[C@@H]3CC(c4cccc5ccccc45)=NN23)cc1. The Morgan fingerprint density at radius 1 is 0.912 bits per heavy atom. The van der Waals surface area contributed by atoms with Gasteiger partial charge in [-0.05, 0) is 47.5 Å². The number of nitrogens with zero attached hydrogens (tertiary/aromatic N) is 2. The second kappa shape index (κ2) is 8.86. The quantitative estimate of drug-likeness (QED) is 0.291. The number of unbranched alkanes of at least 4 members (excludes halogenated alkanes) is 1. The zero-order valence-electron chi connectivity index (χ0n) is 19.4. The van der Waals surface area contributed by atoms with Gasteiger partial charge in [0.1, 0.15) is 11.5 Å². The van der Waals surface area contributed by atoms with Gasteiger partial charge in [0, 0.05) is 23.1 Å². The van der Waals surface area contributed by atoms with Crippen molar-refractivity contribution in [3.8, 4) is 11.5 Å². The Morgan fingerprint density at radius 3 is 2.59 bits per heavy atom. The lowest BCUT2D eigenvalue weighted by Crippen LogP contribution is -2.33. The fraction of sp³-hybridized carbons (Fsp3) is 0.233. The fourth-order valence-corrected chi connectivity index (χ4v) is 4.96. The maximum atomic E-state index is 6.52. The second-order valence-corrected chi connectivity index (χ2v) is 8.95. The molecule has 0 aromatic heterocycles. The van der Waals surface area contributed by atoms with Crippen molar-refractivity contribution in [2.24, 2.45) is 5.10 Å². The zero-order valence-corrected chi connectivity index (χ0v) is 19.4. The van der Waals surface area contributed by atoms with E-state index in [-0.39, 0.29) is 12.3 Å². The topological polar surface area (TPSA) is 34.1 Å². The predicted molar refractivity (Wildman–Crippen MR) is 136 cm³/mol. The number of fused-ring (bicyclic) bond motifs is 4. The van der Waals surface area contributed by atoms with Crippen LogP contribution in [0.3, 0.4) is 0 Å². The molecule has 0 amide bonds. The number of hydrogen-bond acceptors (Lipinski definition) is 4. The number of benzene rings is 4. The van der Waals surface area contributed by atoms with Crippen molar-refractivity contribution < 1.29 is 9.47 Å². The highest BCUT2D eigenvalue weighted by Crippen LogP contribution is 2.47. The molecule has 0 fully saturated rings. The molecule has 0 radical (unpaired) electrons. The molecule has 0 unspecified atom stereocenters. The van der Waals surface area contributed by atoms with Crippen LogP contribution in [-0.2, 0) is 0 Å². The van der Waals surface area contributed by atoms with E-state index in [0.29, 0.717) is 0 Å². The highest BCUT2D eigenvalue weighted by molar-refractivity contribution is 6.11. The molecule has 2 heterocycles. The van der Waals surface area contributed by atoms with Gasteiger partial charge in [-0.15, -0.1) is 0 Å². The van der Waals surface area contributed by atoms with Gasteiger partial charge in [0.05, 0.1) is 18.4 Å². The molecule has 0 saturated carbocycles. The van der Waals surface area contributed by atoms with Crippen molar-refractivity contribution >= 4 is 16.5 Å². The summed E-state index contributed by atoms with van der Waals surface area (Å²) in [5, 5.41) is 9.78. The Labute approximate surface area is 200 Å².